The predicted octanol–water partition coefficient (Wildman–Crippen LogP) is 3.78. The standard InChI is InChI=1S/C28H35N3O7S2/c1-35-25-6-4-20(17-26(25)36-2)21(18-29)16-24-5-7-27(39-24)31-14-10-22(11-15-31)37-28(32)19-30-12-8-23(9-13-30)38-40(3,33)34/h4-7,16-17,22-23H,8-15,19H2,1-3H3/b21-16+. The van der Waals surface area contributed by atoms with Gasteiger partial charge in [0.05, 0.1) is 49.8 Å². The molecule has 2 aromatic rings. The number of carbonyl (C=O) groups is 1. The number of carbonyl (C=O) groups excluding carboxylic acids is 1. The van der Waals surface area contributed by atoms with Crippen molar-refractivity contribution in [1.29, 1.82) is 5.26 Å². The van der Waals surface area contributed by atoms with Gasteiger partial charge in [0, 0.05) is 43.9 Å². The summed E-state index contributed by atoms with van der Waals surface area (Å²) >= 11 is 1.62. The maximum atomic E-state index is 12.5. The molecule has 2 fully saturated rings. The zero-order chi connectivity index (χ0) is 28.7. The fourth-order valence-electron chi connectivity index (χ4n) is 4.93. The minimum Gasteiger partial charge on any atom is -0.493 e. The Bertz CT molecular complexity index is 1350. The fourth-order valence-corrected chi connectivity index (χ4v) is 6.62. The summed E-state index contributed by atoms with van der Waals surface area (Å²) in [6, 6.07) is 11.8. The monoisotopic (exact) mass is 589 g/mol. The number of rotatable bonds is 10. The van der Waals surface area contributed by atoms with E-state index in [4.69, 9.17) is 18.4 Å². The number of hydrogen-bond donors (Lipinski definition) is 0. The maximum Gasteiger partial charge on any atom is 0.320 e. The van der Waals surface area contributed by atoms with Crippen molar-refractivity contribution in [3.63, 3.8) is 0 Å². The highest BCUT2D eigenvalue weighted by Crippen LogP contribution is 2.34. The van der Waals surface area contributed by atoms with Crippen LogP contribution in [-0.2, 0) is 23.8 Å². The van der Waals surface area contributed by atoms with Gasteiger partial charge < -0.3 is 19.1 Å². The Morgan fingerprint density at radius 3 is 2.33 bits per heavy atom. The quantitative estimate of drug-likeness (QED) is 0.230. The van der Waals surface area contributed by atoms with Crippen LogP contribution in [-0.4, -0.2) is 84.7 Å². The first-order chi connectivity index (χ1) is 19.2. The van der Waals surface area contributed by atoms with E-state index in [0.29, 0.717) is 43.0 Å². The molecule has 1 aromatic carbocycles. The molecule has 12 heteroatoms. The third kappa shape index (κ3) is 8.20. The van der Waals surface area contributed by atoms with Crippen molar-refractivity contribution in [3.8, 4) is 17.6 Å². The van der Waals surface area contributed by atoms with E-state index in [2.05, 4.69) is 17.0 Å². The average molecular weight is 590 g/mol. The van der Waals surface area contributed by atoms with Crippen LogP contribution in [0.3, 0.4) is 0 Å². The largest absolute Gasteiger partial charge is 0.493 e. The van der Waals surface area contributed by atoms with Gasteiger partial charge in [0.25, 0.3) is 10.1 Å². The molecule has 2 aliphatic heterocycles. The van der Waals surface area contributed by atoms with Crippen molar-refractivity contribution < 1.29 is 31.6 Å². The molecule has 10 nitrogen and oxygen atoms in total. The summed E-state index contributed by atoms with van der Waals surface area (Å²) < 4.78 is 44.1. The second-order valence-electron chi connectivity index (χ2n) is 9.87. The van der Waals surface area contributed by atoms with E-state index in [1.165, 1.54) is 0 Å². The van der Waals surface area contributed by atoms with Crippen LogP contribution in [0, 0.1) is 11.3 Å². The minimum atomic E-state index is -3.47. The molecule has 216 valence electrons. The second-order valence-corrected chi connectivity index (χ2v) is 12.6. The Morgan fingerprint density at radius 2 is 1.70 bits per heavy atom. The molecule has 0 bridgehead atoms. The number of piperidine rings is 2. The Balaban J connectivity index is 1.25. The van der Waals surface area contributed by atoms with Gasteiger partial charge in [-0.15, -0.1) is 11.3 Å². The fraction of sp³-hybridized carbons (Fsp3) is 0.500. The lowest BCUT2D eigenvalue weighted by Crippen LogP contribution is -2.42. The molecule has 2 aliphatic rings. The highest BCUT2D eigenvalue weighted by atomic mass is 32.2. The normalized spacial score (nSPS) is 17.9. The van der Waals surface area contributed by atoms with Gasteiger partial charge in [0.2, 0.25) is 0 Å². The molecule has 0 N–H and O–H groups in total. The molecule has 40 heavy (non-hydrogen) atoms. The van der Waals surface area contributed by atoms with Crippen LogP contribution in [0.2, 0.25) is 0 Å². The Labute approximate surface area is 239 Å². The summed E-state index contributed by atoms with van der Waals surface area (Å²) in [5, 5.41) is 10.9. The number of thiophene rings is 1. The summed E-state index contributed by atoms with van der Waals surface area (Å²) in [5.74, 6) is 0.932. The topological polar surface area (TPSA) is 118 Å². The Kier molecular flexibility index (Phi) is 10.1. The Hall–Kier alpha value is -3.11. The minimum absolute atomic E-state index is 0.121. The van der Waals surface area contributed by atoms with Crippen LogP contribution in [0.25, 0.3) is 11.6 Å². The van der Waals surface area contributed by atoms with Crippen LogP contribution in [0.5, 0.6) is 11.5 Å². The molecule has 0 amide bonds. The molecular formula is C28H35N3O7S2. The summed E-state index contributed by atoms with van der Waals surface area (Å²) in [6.07, 6.45) is 5.12. The predicted molar refractivity (Wildman–Crippen MR) is 154 cm³/mol. The number of nitrogens with zero attached hydrogens (tertiary/aromatic N) is 3. The van der Waals surface area contributed by atoms with Crippen LogP contribution in [0.1, 0.15) is 36.1 Å². The summed E-state index contributed by atoms with van der Waals surface area (Å²) in [5.41, 5.74) is 1.29. The first-order valence-corrected chi connectivity index (χ1v) is 15.8. The van der Waals surface area contributed by atoms with E-state index in [0.717, 1.165) is 47.6 Å². The number of anilines is 1. The third-order valence-corrected chi connectivity index (χ3v) is 8.68. The van der Waals surface area contributed by atoms with E-state index < -0.39 is 10.1 Å². The van der Waals surface area contributed by atoms with Gasteiger partial charge in [0.1, 0.15) is 6.10 Å². The molecule has 0 radical (unpaired) electrons. The molecule has 4 rings (SSSR count). The zero-order valence-electron chi connectivity index (χ0n) is 23.0. The van der Waals surface area contributed by atoms with Crippen molar-refractivity contribution in [2.24, 2.45) is 0 Å². The molecule has 0 spiro atoms. The smallest absolute Gasteiger partial charge is 0.320 e. The number of ether oxygens (including phenoxy) is 3. The SMILES string of the molecule is COc1ccc(/C(C#N)=C/c2ccc(N3CCC(OC(=O)CN4CCC(OS(C)(=O)=O)CC4)CC3)s2)cc1OC. The molecule has 2 saturated heterocycles. The van der Waals surface area contributed by atoms with Gasteiger partial charge in [0.15, 0.2) is 11.5 Å². The van der Waals surface area contributed by atoms with Crippen molar-refractivity contribution in [1.82, 2.24) is 4.90 Å². The number of methoxy groups -OCH3 is 2. The van der Waals surface area contributed by atoms with Gasteiger partial charge in [-0.3, -0.25) is 13.9 Å². The third-order valence-electron chi connectivity index (χ3n) is 6.96. The van der Waals surface area contributed by atoms with Gasteiger partial charge in [-0.25, -0.2) is 0 Å². The van der Waals surface area contributed by atoms with E-state index in [9.17, 15) is 18.5 Å². The Morgan fingerprint density at radius 1 is 1.02 bits per heavy atom. The first kappa shape index (κ1) is 29.9. The van der Waals surface area contributed by atoms with E-state index in [1.807, 2.05) is 23.1 Å². The van der Waals surface area contributed by atoms with Gasteiger partial charge in [-0.2, -0.15) is 13.7 Å². The second kappa shape index (κ2) is 13.5. The lowest BCUT2D eigenvalue weighted by molar-refractivity contribution is -0.151. The number of allylic oxidation sites excluding steroid dienone is 1. The van der Waals surface area contributed by atoms with Gasteiger partial charge >= 0.3 is 5.97 Å². The van der Waals surface area contributed by atoms with Crippen molar-refractivity contribution in [3.05, 3.63) is 40.8 Å². The molecule has 0 saturated carbocycles. The maximum absolute atomic E-state index is 12.5. The highest BCUT2D eigenvalue weighted by molar-refractivity contribution is 7.86. The summed E-state index contributed by atoms with van der Waals surface area (Å²) in [4.78, 5) is 17.8. The molecule has 0 atom stereocenters. The average Bonchev–Trinajstić information content (AvgIpc) is 3.40. The van der Waals surface area contributed by atoms with E-state index in [1.54, 1.807) is 37.7 Å². The van der Waals surface area contributed by atoms with Crippen LogP contribution >= 0.6 is 11.3 Å². The van der Waals surface area contributed by atoms with E-state index >= 15 is 0 Å². The molecule has 1 aromatic heterocycles. The molecule has 3 heterocycles. The highest BCUT2D eigenvalue weighted by Gasteiger charge is 2.27. The lowest BCUT2D eigenvalue weighted by atomic mass is 10.1. The number of benzene rings is 1. The molecule has 0 aliphatic carbocycles. The summed E-state index contributed by atoms with van der Waals surface area (Å²) in [6.45, 7) is 2.95. The number of likely N-dealkylation sites (tertiary alicyclic amines) is 1. The van der Waals surface area contributed by atoms with Crippen LogP contribution in [0.15, 0.2) is 30.3 Å². The molecule has 0 unspecified atom stereocenters. The van der Waals surface area contributed by atoms with Crippen LogP contribution < -0.4 is 14.4 Å². The van der Waals surface area contributed by atoms with Crippen LogP contribution in [0.4, 0.5) is 5.00 Å². The van der Waals surface area contributed by atoms with Gasteiger partial charge in [-0.1, -0.05) is 0 Å². The summed E-state index contributed by atoms with van der Waals surface area (Å²) in [7, 11) is -0.325. The van der Waals surface area contributed by atoms with Crippen molar-refractivity contribution >= 4 is 44.1 Å². The van der Waals surface area contributed by atoms with Crippen molar-refractivity contribution in [2.75, 3.05) is 58.1 Å². The number of esters is 1. The van der Waals surface area contributed by atoms with E-state index in [-0.39, 0.29) is 24.7 Å². The number of hydrogen-bond acceptors (Lipinski definition) is 11. The molecular weight excluding hydrogens is 554 g/mol. The lowest BCUT2D eigenvalue weighted by Gasteiger charge is -2.33. The first-order valence-electron chi connectivity index (χ1n) is 13.2. The van der Waals surface area contributed by atoms with Crippen molar-refractivity contribution in [2.45, 2.75) is 37.9 Å². The number of nitriles is 1. The van der Waals surface area contributed by atoms with Gasteiger partial charge in [-0.05, 0) is 54.8 Å². The zero-order valence-corrected chi connectivity index (χ0v) is 24.6.